The largest absolute Gasteiger partial charge is 0.493 e. The van der Waals surface area contributed by atoms with Crippen LogP contribution in [0, 0.1) is 4.64 Å². The summed E-state index contributed by atoms with van der Waals surface area (Å²) in [6.07, 6.45) is 0. The molecule has 1 aliphatic heterocycles. The van der Waals surface area contributed by atoms with Gasteiger partial charge in [0.05, 0.1) is 14.2 Å². The molecule has 0 spiro atoms. The van der Waals surface area contributed by atoms with Crippen molar-refractivity contribution in [3.05, 3.63) is 34.1 Å². The van der Waals surface area contributed by atoms with Gasteiger partial charge in [0.15, 0.2) is 11.5 Å². The Hall–Kier alpha value is -1.53. The highest BCUT2D eigenvalue weighted by Crippen LogP contribution is 2.33. The van der Waals surface area contributed by atoms with Gasteiger partial charge in [-0.2, -0.15) is 11.8 Å². The van der Waals surface area contributed by atoms with E-state index >= 15 is 0 Å². The molecule has 104 valence electrons. The second-order valence-electron chi connectivity index (χ2n) is 4.41. The van der Waals surface area contributed by atoms with Gasteiger partial charge in [0.2, 0.25) is 0 Å². The summed E-state index contributed by atoms with van der Waals surface area (Å²) in [4.78, 5) is 7.87. The van der Waals surface area contributed by atoms with Gasteiger partial charge in [0, 0.05) is 28.3 Å². The van der Waals surface area contributed by atoms with Gasteiger partial charge in [0.25, 0.3) is 0 Å². The Morgan fingerprint density at radius 1 is 1.20 bits per heavy atom. The van der Waals surface area contributed by atoms with E-state index in [1.165, 1.54) is 5.69 Å². The first kappa shape index (κ1) is 13.5. The number of benzene rings is 1. The molecule has 0 unspecified atom stereocenters. The third kappa shape index (κ3) is 2.29. The van der Waals surface area contributed by atoms with Crippen molar-refractivity contribution in [3.8, 4) is 22.9 Å². The number of fused-ring (bicyclic) bond motifs is 1. The summed E-state index contributed by atoms with van der Waals surface area (Å²) in [5.74, 6) is 4.07. The Bertz CT molecular complexity index is 713. The van der Waals surface area contributed by atoms with E-state index in [1.807, 2.05) is 30.0 Å². The van der Waals surface area contributed by atoms with Gasteiger partial charge >= 0.3 is 0 Å². The fourth-order valence-electron chi connectivity index (χ4n) is 2.19. The zero-order valence-electron chi connectivity index (χ0n) is 11.2. The standard InChI is InChI=1S/C14H14N2O2S2/c1-17-11-4-3-8(5-12(11)18-2)13-15-10-7-20-6-9(10)14(19)16-13/h3-5H,6-7H2,1-2H3,(H,15,16,19). The minimum absolute atomic E-state index is 0.681. The second kappa shape index (κ2) is 5.46. The average molecular weight is 306 g/mol. The van der Waals surface area contributed by atoms with E-state index in [-0.39, 0.29) is 0 Å². The SMILES string of the molecule is COc1ccc(-c2nc(=S)c3c([nH]2)CSC3)cc1OC. The van der Waals surface area contributed by atoms with Crippen LogP contribution in [0.15, 0.2) is 18.2 Å². The fraction of sp³-hybridized carbons (Fsp3) is 0.286. The third-order valence-corrected chi connectivity index (χ3v) is 4.58. The zero-order chi connectivity index (χ0) is 14.1. The Morgan fingerprint density at radius 2 is 2.00 bits per heavy atom. The summed E-state index contributed by atoms with van der Waals surface area (Å²) in [6, 6.07) is 5.72. The van der Waals surface area contributed by atoms with Gasteiger partial charge in [-0.3, -0.25) is 0 Å². The molecule has 0 bridgehead atoms. The van der Waals surface area contributed by atoms with Gasteiger partial charge in [0.1, 0.15) is 10.5 Å². The maximum absolute atomic E-state index is 5.38. The van der Waals surface area contributed by atoms with E-state index in [9.17, 15) is 0 Å². The summed E-state index contributed by atoms with van der Waals surface area (Å²) in [5.41, 5.74) is 3.28. The molecule has 4 nitrogen and oxygen atoms in total. The van der Waals surface area contributed by atoms with E-state index in [1.54, 1.807) is 14.2 Å². The zero-order valence-corrected chi connectivity index (χ0v) is 12.9. The Kier molecular flexibility index (Phi) is 3.67. The topological polar surface area (TPSA) is 47.1 Å². The van der Waals surface area contributed by atoms with E-state index in [0.29, 0.717) is 16.1 Å². The van der Waals surface area contributed by atoms with Crippen LogP contribution in [0.3, 0.4) is 0 Å². The minimum Gasteiger partial charge on any atom is -0.493 e. The van der Waals surface area contributed by atoms with Crippen molar-refractivity contribution < 1.29 is 9.47 Å². The van der Waals surface area contributed by atoms with Gasteiger partial charge in [-0.25, -0.2) is 4.98 Å². The van der Waals surface area contributed by atoms with Crippen LogP contribution >= 0.6 is 24.0 Å². The number of aromatic amines is 1. The van der Waals surface area contributed by atoms with Gasteiger partial charge in [-0.05, 0) is 18.2 Å². The maximum Gasteiger partial charge on any atom is 0.161 e. The normalized spacial score (nSPS) is 13.1. The molecule has 0 saturated heterocycles. The third-order valence-electron chi connectivity index (χ3n) is 3.25. The molecule has 0 radical (unpaired) electrons. The second-order valence-corrected chi connectivity index (χ2v) is 5.78. The predicted molar refractivity (Wildman–Crippen MR) is 83.0 cm³/mol. The van der Waals surface area contributed by atoms with Crippen LogP contribution in [0.4, 0.5) is 0 Å². The number of hydrogen-bond acceptors (Lipinski definition) is 5. The van der Waals surface area contributed by atoms with Crippen LogP contribution in [0.2, 0.25) is 0 Å². The van der Waals surface area contributed by atoms with Crippen LogP contribution in [-0.2, 0) is 11.5 Å². The molecule has 0 amide bonds. The van der Waals surface area contributed by atoms with E-state index in [0.717, 1.165) is 28.5 Å². The average Bonchev–Trinajstić information content (AvgIpc) is 2.95. The van der Waals surface area contributed by atoms with Crippen LogP contribution < -0.4 is 9.47 Å². The Balaban J connectivity index is 2.10. The smallest absolute Gasteiger partial charge is 0.161 e. The van der Waals surface area contributed by atoms with E-state index < -0.39 is 0 Å². The van der Waals surface area contributed by atoms with E-state index in [4.69, 9.17) is 21.7 Å². The van der Waals surface area contributed by atoms with E-state index in [2.05, 4.69) is 9.97 Å². The lowest BCUT2D eigenvalue weighted by Gasteiger charge is -2.10. The quantitative estimate of drug-likeness (QED) is 0.878. The molecule has 2 aromatic rings. The van der Waals surface area contributed by atoms with Crippen LogP contribution in [0.5, 0.6) is 11.5 Å². The molecule has 0 aliphatic carbocycles. The van der Waals surface area contributed by atoms with Crippen molar-refractivity contribution in [2.75, 3.05) is 14.2 Å². The van der Waals surface area contributed by atoms with Crippen LogP contribution in [-0.4, -0.2) is 24.2 Å². The highest BCUT2D eigenvalue weighted by Gasteiger charge is 2.16. The molecule has 1 aromatic carbocycles. The lowest BCUT2D eigenvalue weighted by atomic mass is 10.1. The van der Waals surface area contributed by atoms with Gasteiger partial charge in [-0.1, -0.05) is 12.2 Å². The monoisotopic (exact) mass is 306 g/mol. The Morgan fingerprint density at radius 3 is 2.75 bits per heavy atom. The molecular weight excluding hydrogens is 292 g/mol. The molecule has 6 heteroatoms. The molecule has 20 heavy (non-hydrogen) atoms. The molecule has 2 heterocycles. The van der Waals surface area contributed by atoms with Crippen molar-refractivity contribution in [1.29, 1.82) is 0 Å². The van der Waals surface area contributed by atoms with Crippen molar-refractivity contribution in [3.63, 3.8) is 0 Å². The Labute approximate surface area is 126 Å². The van der Waals surface area contributed by atoms with Crippen molar-refractivity contribution in [2.24, 2.45) is 0 Å². The fourth-order valence-corrected chi connectivity index (χ4v) is 3.64. The van der Waals surface area contributed by atoms with Crippen LogP contribution in [0.1, 0.15) is 11.3 Å². The van der Waals surface area contributed by atoms with Crippen LogP contribution in [0.25, 0.3) is 11.4 Å². The van der Waals surface area contributed by atoms with Crippen molar-refractivity contribution in [1.82, 2.24) is 9.97 Å². The molecule has 3 rings (SSSR count). The van der Waals surface area contributed by atoms with Gasteiger partial charge in [-0.15, -0.1) is 0 Å². The number of rotatable bonds is 3. The molecule has 1 aliphatic rings. The van der Waals surface area contributed by atoms with Crippen molar-refractivity contribution >= 4 is 24.0 Å². The van der Waals surface area contributed by atoms with Crippen molar-refractivity contribution in [2.45, 2.75) is 11.5 Å². The summed E-state index contributed by atoms with van der Waals surface area (Å²) in [5, 5.41) is 0. The number of thioether (sulfide) groups is 1. The molecule has 0 saturated carbocycles. The highest BCUT2D eigenvalue weighted by molar-refractivity contribution is 7.98. The summed E-state index contributed by atoms with van der Waals surface area (Å²) in [7, 11) is 3.24. The number of H-pyrrole nitrogens is 1. The summed E-state index contributed by atoms with van der Waals surface area (Å²) in [6.45, 7) is 0. The number of methoxy groups -OCH3 is 2. The minimum atomic E-state index is 0.681. The lowest BCUT2D eigenvalue weighted by Crippen LogP contribution is -1.98. The first-order valence-corrected chi connectivity index (χ1v) is 7.71. The molecule has 1 aromatic heterocycles. The number of aromatic nitrogens is 2. The number of hydrogen-bond donors (Lipinski definition) is 1. The summed E-state index contributed by atoms with van der Waals surface area (Å²) < 4.78 is 11.3. The first-order chi connectivity index (χ1) is 9.72. The predicted octanol–water partition coefficient (Wildman–Crippen LogP) is 3.57. The molecule has 0 atom stereocenters. The summed E-state index contributed by atoms with van der Waals surface area (Å²) >= 11 is 7.23. The number of nitrogens with zero attached hydrogens (tertiary/aromatic N) is 1. The van der Waals surface area contributed by atoms with Gasteiger partial charge < -0.3 is 14.5 Å². The highest BCUT2D eigenvalue weighted by atomic mass is 32.2. The molecule has 1 N–H and O–H groups in total. The maximum atomic E-state index is 5.38. The number of nitrogens with one attached hydrogen (secondary N) is 1. The number of ether oxygens (including phenoxy) is 2. The molecule has 0 fully saturated rings. The lowest BCUT2D eigenvalue weighted by molar-refractivity contribution is 0.355. The first-order valence-electron chi connectivity index (χ1n) is 6.15. The molecular formula is C14H14N2O2S2.